The highest BCUT2D eigenvalue weighted by molar-refractivity contribution is 9.11. The van der Waals surface area contributed by atoms with Gasteiger partial charge in [0.1, 0.15) is 0 Å². The minimum Gasteiger partial charge on any atom is -0.292 e. The molecular formula is C10H11BrO3S. The summed E-state index contributed by atoms with van der Waals surface area (Å²) in [5.41, 5.74) is 1.33. The van der Waals surface area contributed by atoms with Gasteiger partial charge in [0, 0.05) is 11.8 Å². The van der Waals surface area contributed by atoms with E-state index in [4.69, 9.17) is 0 Å². The molecule has 15 heavy (non-hydrogen) atoms. The first-order chi connectivity index (χ1) is 6.82. The summed E-state index contributed by atoms with van der Waals surface area (Å²) >= 11 is 2.89. The molecule has 0 N–H and O–H groups in total. The highest BCUT2D eigenvalue weighted by Gasteiger charge is 2.26. The number of ketones is 1. The molecule has 0 heterocycles. The topological polar surface area (TPSA) is 51.2 Å². The molecule has 0 spiro atoms. The number of hydrogen-bond acceptors (Lipinski definition) is 3. The second-order valence-electron chi connectivity index (χ2n) is 3.38. The summed E-state index contributed by atoms with van der Waals surface area (Å²) in [6.45, 7) is 1.85. The van der Waals surface area contributed by atoms with Gasteiger partial charge in [0.2, 0.25) is 0 Å². The van der Waals surface area contributed by atoms with Crippen molar-refractivity contribution < 1.29 is 13.2 Å². The molecule has 1 aromatic rings. The Morgan fingerprint density at radius 2 is 2.00 bits per heavy atom. The van der Waals surface area contributed by atoms with Crippen molar-refractivity contribution in [1.29, 1.82) is 0 Å². The number of carbonyl (C=O) groups is 1. The van der Waals surface area contributed by atoms with Gasteiger partial charge in [0.05, 0.1) is 0 Å². The number of alkyl halides is 1. The van der Waals surface area contributed by atoms with Crippen LogP contribution >= 0.6 is 15.9 Å². The first kappa shape index (κ1) is 12.4. The van der Waals surface area contributed by atoms with Crippen LogP contribution in [0.3, 0.4) is 0 Å². The maximum atomic E-state index is 11.7. The van der Waals surface area contributed by atoms with Crippen LogP contribution < -0.4 is 0 Å². The molecular weight excluding hydrogens is 280 g/mol. The van der Waals surface area contributed by atoms with Gasteiger partial charge in [-0.15, -0.1) is 0 Å². The smallest absolute Gasteiger partial charge is 0.191 e. The second kappa shape index (κ2) is 4.45. The third-order valence-electron chi connectivity index (χ3n) is 1.88. The standard InChI is InChI=1S/C10H11BrO3S/c1-7-4-3-5-8(6-7)9(12)10(11)15(2,13)14/h3-6,10H,1-2H3. The summed E-state index contributed by atoms with van der Waals surface area (Å²) in [5, 5.41) is 0. The SMILES string of the molecule is Cc1cccc(C(=O)C(Br)S(C)(=O)=O)c1. The molecule has 5 heteroatoms. The summed E-state index contributed by atoms with van der Waals surface area (Å²) in [5.74, 6) is -0.429. The monoisotopic (exact) mass is 290 g/mol. The Bertz CT molecular complexity index is 479. The molecule has 0 aromatic heterocycles. The van der Waals surface area contributed by atoms with Crippen LogP contribution in [0, 0.1) is 6.92 Å². The molecule has 1 rings (SSSR count). The lowest BCUT2D eigenvalue weighted by Crippen LogP contribution is -2.23. The van der Waals surface area contributed by atoms with Crippen LogP contribution in [-0.2, 0) is 9.84 Å². The lowest BCUT2D eigenvalue weighted by molar-refractivity contribution is 0.101. The Kier molecular flexibility index (Phi) is 3.67. The third kappa shape index (κ3) is 3.14. The number of Topliss-reactive ketones (excluding diaryl/α,β-unsaturated/α-hetero) is 1. The lowest BCUT2D eigenvalue weighted by Gasteiger charge is -2.06. The van der Waals surface area contributed by atoms with Gasteiger partial charge in [-0.05, 0) is 13.0 Å². The van der Waals surface area contributed by atoms with Crippen LogP contribution in [0.4, 0.5) is 0 Å². The molecule has 0 radical (unpaired) electrons. The number of carbonyl (C=O) groups excluding carboxylic acids is 1. The van der Waals surface area contributed by atoms with E-state index in [2.05, 4.69) is 15.9 Å². The number of rotatable bonds is 3. The molecule has 0 saturated heterocycles. The van der Waals surface area contributed by atoms with E-state index >= 15 is 0 Å². The van der Waals surface area contributed by atoms with Gasteiger partial charge in [-0.3, -0.25) is 4.79 Å². The van der Waals surface area contributed by atoms with Crippen molar-refractivity contribution in [2.45, 2.75) is 11.1 Å². The Morgan fingerprint density at radius 3 is 2.47 bits per heavy atom. The molecule has 0 aliphatic rings. The fraction of sp³-hybridized carbons (Fsp3) is 0.300. The van der Waals surface area contributed by atoms with Gasteiger partial charge in [-0.2, -0.15) is 0 Å². The van der Waals surface area contributed by atoms with Crippen LogP contribution in [0.5, 0.6) is 0 Å². The molecule has 82 valence electrons. The van der Waals surface area contributed by atoms with Crippen molar-refractivity contribution in [2.24, 2.45) is 0 Å². The lowest BCUT2D eigenvalue weighted by atomic mass is 10.1. The van der Waals surface area contributed by atoms with E-state index in [9.17, 15) is 13.2 Å². The highest BCUT2D eigenvalue weighted by Crippen LogP contribution is 2.16. The van der Waals surface area contributed by atoms with E-state index in [1.807, 2.05) is 13.0 Å². The zero-order chi connectivity index (χ0) is 11.6. The van der Waals surface area contributed by atoms with Gasteiger partial charge < -0.3 is 0 Å². The van der Waals surface area contributed by atoms with E-state index in [0.29, 0.717) is 5.56 Å². The van der Waals surface area contributed by atoms with E-state index in [-0.39, 0.29) is 0 Å². The van der Waals surface area contributed by atoms with Crippen LogP contribution in [-0.4, -0.2) is 24.6 Å². The van der Waals surface area contributed by atoms with Crippen LogP contribution in [0.15, 0.2) is 24.3 Å². The molecule has 0 aliphatic heterocycles. The van der Waals surface area contributed by atoms with Crippen molar-refractivity contribution in [3.05, 3.63) is 35.4 Å². The van der Waals surface area contributed by atoms with Gasteiger partial charge in [-0.25, -0.2) is 8.42 Å². The molecule has 0 bridgehead atoms. The van der Waals surface area contributed by atoms with E-state index in [1.165, 1.54) is 0 Å². The minimum absolute atomic E-state index is 0.405. The average Bonchev–Trinajstić information content (AvgIpc) is 2.14. The molecule has 1 atom stereocenters. The van der Waals surface area contributed by atoms with Gasteiger partial charge in [0.25, 0.3) is 0 Å². The Morgan fingerprint density at radius 1 is 1.40 bits per heavy atom. The van der Waals surface area contributed by atoms with Crippen molar-refractivity contribution in [1.82, 2.24) is 0 Å². The fourth-order valence-electron chi connectivity index (χ4n) is 1.12. The van der Waals surface area contributed by atoms with Gasteiger partial charge >= 0.3 is 0 Å². The summed E-state index contributed by atoms with van der Waals surface area (Å²) in [7, 11) is -3.40. The maximum absolute atomic E-state index is 11.7. The predicted octanol–water partition coefficient (Wildman–Crippen LogP) is 1.94. The quantitative estimate of drug-likeness (QED) is 0.631. The first-order valence-corrected chi connectivity index (χ1v) is 7.13. The molecule has 1 aromatic carbocycles. The van der Waals surface area contributed by atoms with E-state index in [1.54, 1.807) is 18.2 Å². The van der Waals surface area contributed by atoms with Crippen molar-refractivity contribution >= 4 is 31.6 Å². The number of halogens is 1. The maximum Gasteiger partial charge on any atom is 0.191 e. The summed E-state index contributed by atoms with van der Waals surface area (Å²) in [6.07, 6.45) is 1.03. The van der Waals surface area contributed by atoms with Crippen molar-refractivity contribution in [3.63, 3.8) is 0 Å². The van der Waals surface area contributed by atoms with Gasteiger partial charge in [-0.1, -0.05) is 39.7 Å². The Hall–Kier alpha value is -0.680. The molecule has 0 saturated carbocycles. The van der Waals surface area contributed by atoms with Crippen molar-refractivity contribution in [3.8, 4) is 0 Å². The van der Waals surface area contributed by atoms with E-state index in [0.717, 1.165) is 11.8 Å². The Labute approximate surface area is 97.5 Å². The second-order valence-corrected chi connectivity index (χ2v) is 7.03. The summed E-state index contributed by atoms with van der Waals surface area (Å²) in [4.78, 5) is 11.7. The van der Waals surface area contributed by atoms with Crippen molar-refractivity contribution in [2.75, 3.05) is 6.26 Å². The zero-order valence-electron chi connectivity index (χ0n) is 8.40. The average molecular weight is 291 g/mol. The molecule has 0 fully saturated rings. The fourth-order valence-corrected chi connectivity index (χ4v) is 1.91. The predicted molar refractivity (Wildman–Crippen MR) is 63.1 cm³/mol. The summed E-state index contributed by atoms with van der Waals surface area (Å²) in [6, 6.07) is 6.85. The number of benzene rings is 1. The molecule has 0 aliphatic carbocycles. The number of aryl methyl sites for hydroxylation is 1. The molecule has 3 nitrogen and oxygen atoms in total. The van der Waals surface area contributed by atoms with E-state index < -0.39 is 19.8 Å². The number of sulfone groups is 1. The minimum atomic E-state index is -3.40. The normalized spacial score (nSPS) is 13.5. The van der Waals surface area contributed by atoms with Crippen LogP contribution in [0.2, 0.25) is 0 Å². The number of hydrogen-bond donors (Lipinski definition) is 0. The third-order valence-corrected chi connectivity index (χ3v) is 5.30. The zero-order valence-corrected chi connectivity index (χ0v) is 10.8. The highest BCUT2D eigenvalue weighted by atomic mass is 79.9. The largest absolute Gasteiger partial charge is 0.292 e. The molecule has 1 unspecified atom stereocenters. The Balaban J connectivity index is 3.06. The first-order valence-electron chi connectivity index (χ1n) is 4.26. The molecule has 0 amide bonds. The van der Waals surface area contributed by atoms with Crippen LogP contribution in [0.25, 0.3) is 0 Å². The van der Waals surface area contributed by atoms with Crippen LogP contribution in [0.1, 0.15) is 15.9 Å². The van der Waals surface area contributed by atoms with Gasteiger partial charge in [0.15, 0.2) is 19.8 Å². The summed E-state index contributed by atoms with van der Waals surface area (Å²) < 4.78 is 21.2.